The number of sulfonamides is 2. The lowest BCUT2D eigenvalue weighted by Gasteiger charge is -2.27. The molecule has 0 radical (unpaired) electrons. The lowest BCUT2D eigenvalue weighted by atomic mass is 9.85. The molecule has 2 aromatic heterocycles. The topological polar surface area (TPSA) is 244 Å². The van der Waals surface area contributed by atoms with Crippen LogP contribution in [0.15, 0.2) is 81.8 Å². The number of aliphatic hydroxyl groups excluding tert-OH is 1. The smallest absolute Gasteiger partial charge is 0.322 e. The maximum Gasteiger partial charge on any atom is 0.322 e. The second-order valence-electron chi connectivity index (χ2n) is 17.0. The van der Waals surface area contributed by atoms with Gasteiger partial charge in [0, 0.05) is 34.3 Å². The van der Waals surface area contributed by atoms with Gasteiger partial charge < -0.3 is 28.4 Å². The zero-order valence-corrected chi connectivity index (χ0v) is 40.8. The van der Waals surface area contributed by atoms with Gasteiger partial charge in [-0.15, -0.1) is 0 Å². The number of carbonyl (C=O) groups is 1. The Hall–Kier alpha value is -7.01. The van der Waals surface area contributed by atoms with Crippen LogP contribution in [-0.4, -0.2) is 85.6 Å². The second kappa shape index (κ2) is 22.2. The molecular formula is C49H52N8O11S2. The van der Waals surface area contributed by atoms with E-state index in [4.69, 9.17) is 36.8 Å². The Labute approximate surface area is 406 Å². The molecule has 0 aliphatic heterocycles. The zero-order chi connectivity index (χ0) is 50.2. The van der Waals surface area contributed by atoms with Gasteiger partial charge in [0.15, 0.2) is 5.75 Å². The number of hydrogen-bond acceptors (Lipinski definition) is 15. The molecule has 2 aliphatic rings. The van der Waals surface area contributed by atoms with E-state index in [-0.39, 0.29) is 35.8 Å². The van der Waals surface area contributed by atoms with E-state index in [0.717, 1.165) is 59.8 Å². The van der Waals surface area contributed by atoms with Crippen molar-refractivity contribution in [1.29, 1.82) is 0 Å². The fourth-order valence-electron chi connectivity index (χ4n) is 8.31. The highest BCUT2D eigenvalue weighted by Crippen LogP contribution is 2.40. The summed E-state index contributed by atoms with van der Waals surface area (Å²) in [5.41, 5.74) is 7.01. The summed E-state index contributed by atoms with van der Waals surface area (Å²) in [6.45, 7) is 22.1. The van der Waals surface area contributed by atoms with Gasteiger partial charge in [-0.25, -0.2) is 36.0 Å². The second-order valence-corrected chi connectivity index (χ2v) is 20.6. The van der Waals surface area contributed by atoms with Crippen molar-refractivity contribution < 1.29 is 50.0 Å². The van der Waals surface area contributed by atoms with E-state index in [9.17, 15) is 21.6 Å². The summed E-state index contributed by atoms with van der Waals surface area (Å²) in [5.74, 6) is 0.402. The van der Waals surface area contributed by atoms with Gasteiger partial charge >= 0.3 is 5.97 Å². The fourth-order valence-corrected chi connectivity index (χ4v) is 10.5. The molecule has 4 aromatic carbocycles. The predicted octanol–water partition coefficient (Wildman–Crippen LogP) is 8.24. The van der Waals surface area contributed by atoms with Gasteiger partial charge in [0.25, 0.3) is 11.8 Å². The number of aromatic nitrogens is 4. The number of methoxy groups -OCH3 is 1. The van der Waals surface area contributed by atoms with Crippen LogP contribution >= 0.6 is 0 Å². The predicted molar refractivity (Wildman–Crippen MR) is 259 cm³/mol. The average Bonchev–Trinajstić information content (AvgIpc) is 4.03. The van der Waals surface area contributed by atoms with Crippen LogP contribution in [0.5, 0.6) is 11.5 Å². The van der Waals surface area contributed by atoms with Gasteiger partial charge in [-0.1, -0.05) is 46.7 Å². The van der Waals surface area contributed by atoms with Gasteiger partial charge in [-0.3, -0.25) is 4.79 Å². The largest absolute Gasteiger partial charge is 0.502 e. The van der Waals surface area contributed by atoms with Crippen molar-refractivity contribution in [2.45, 2.75) is 90.5 Å². The third-order valence-corrected chi connectivity index (χ3v) is 13.9. The Morgan fingerprint density at radius 2 is 1.19 bits per heavy atom. The highest BCUT2D eigenvalue weighted by atomic mass is 32.2. The summed E-state index contributed by atoms with van der Waals surface area (Å²) in [6.07, 6.45) is 4.16. The molecule has 2 aliphatic carbocycles. The summed E-state index contributed by atoms with van der Waals surface area (Å²) in [7, 11) is -6.31. The molecule has 2 atom stereocenters. The average molecular weight is 993 g/mol. The Kier molecular flexibility index (Phi) is 16.1. The number of carbonyl (C=O) groups excluding carboxylic acids is 1. The summed E-state index contributed by atoms with van der Waals surface area (Å²) in [4.78, 5) is 27.7. The van der Waals surface area contributed by atoms with Crippen molar-refractivity contribution in [1.82, 2.24) is 29.7 Å². The summed E-state index contributed by atoms with van der Waals surface area (Å²) < 4.78 is 81.5. The van der Waals surface area contributed by atoms with E-state index in [0.29, 0.717) is 64.9 Å². The van der Waals surface area contributed by atoms with Gasteiger partial charge in [0.05, 0.1) is 44.8 Å². The summed E-state index contributed by atoms with van der Waals surface area (Å²) in [5, 5.41) is 17.3. The van der Waals surface area contributed by atoms with E-state index in [2.05, 4.69) is 44.2 Å². The van der Waals surface area contributed by atoms with Crippen molar-refractivity contribution in [3.63, 3.8) is 0 Å². The van der Waals surface area contributed by atoms with E-state index >= 15 is 0 Å². The first-order valence-electron chi connectivity index (χ1n) is 22.5. The molecule has 70 heavy (non-hydrogen) atoms. The van der Waals surface area contributed by atoms with Gasteiger partial charge in [0.2, 0.25) is 43.1 Å². The summed E-state index contributed by atoms with van der Waals surface area (Å²) >= 11 is 0. The molecule has 0 bridgehead atoms. The number of rotatable bonds is 16. The third-order valence-electron chi connectivity index (χ3n) is 11.3. The van der Waals surface area contributed by atoms with Gasteiger partial charge in [0.1, 0.15) is 11.5 Å². The van der Waals surface area contributed by atoms with Crippen LogP contribution in [0.3, 0.4) is 0 Å². The molecule has 0 amide bonds. The maximum absolute atomic E-state index is 12.4. The molecule has 3 N–H and O–H groups in total. The molecular weight excluding hydrogens is 941 g/mol. The van der Waals surface area contributed by atoms with Gasteiger partial charge in [-0.05, 0) is 125 Å². The number of aliphatic hydroxyl groups is 1. The van der Waals surface area contributed by atoms with Crippen LogP contribution in [0.2, 0.25) is 0 Å². The number of ether oxygens (including phenoxy) is 3. The molecule has 2 heterocycles. The number of fused-ring (bicyclic) bond motifs is 2. The minimum atomic E-state index is -3.87. The highest BCUT2D eigenvalue weighted by Gasteiger charge is 2.30. The van der Waals surface area contributed by atoms with Gasteiger partial charge in [-0.2, -0.15) is 9.97 Å². The zero-order valence-electron chi connectivity index (χ0n) is 39.1. The van der Waals surface area contributed by atoms with Crippen LogP contribution in [-0.2, 0) is 42.4 Å². The molecule has 21 heteroatoms. The molecule has 0 saturated heterocycles. The molecule has 6 aromatic rings. The normalized spacial score (nSPS) is 15.5. The molecule has 8 rings (SSSR count). The minimum Gasteiger partial charge on any atom is -0.502 e. The standard InChI is InChI=1S/C25H26N4O6S.C24H26N4O5S/c1-15(2)34-22-12-11-16(13-21(22)26-3)25-27-24(28-35-25)19-9-5-8-18-17(19)7-6-10-20(18)29-36(31,32)14-23(30)33-4;1-15(2)32-22-11-10-16(14-21(22)25-3)24-26-23(27-33-24)19-8-4-7-18-17(19)6-5-9-20(18)28-34(30,31)13-12-29/h5,8-9,11-13,15,20,29H,6-7,10,14H2,1-2,4H3;4,7-8,10-11,14-15,20,28-29H,5-6,9,12-13H2,1-2H3/t2*20-/m11/s1. The molecule has 0 spiro atoms. The first-order valence-corrected chi connectivity index (χ1v) is 25.8. The van der Waals surface area contributed by atoms with E-state index in [1.54, 1.807) is 36.4 Å². The van der Waals surface area contributed by atoms with Crippen molar-refractivity contribution in [3.8, 4) is 57.2 Å². The Morgan fingerprint density at radius 1 is 0.729 bits per heavy atom. The molecule has 366 valence electrons. The summed E-state index contributed by atoms with van der Waals surface area (Å²) in [6, 6.07) is 20.6. The molecule has 19 nitrogen and oxygen atoms in total. The lowest BCUT2D eigenvalue weighted by molar-refractivity contribution is -0.137. The fraction of sp³-hybridized carbons (Fsp3) is 0.367. The van der Waals surface area contributed by atoms with Crippen LogP contribution < -0.4 is 18.9 Å². The van der Waals surface area contributed by atoms with Crippen molar-refractivity contribution in [2.75, 3.05) is 25.2 Å². The number of hydrogen-bond donors (Lipinski definition) is 3. The third kappa shape index (κ3) is 12.2. The minimum absolute atomic E-state index is 0.0532. The molecule has 0 fully saturated rings. The highest BCUT2D eigenvalue weighted by molar-refractivity contribution is 7.90. The first-order chi connectivity index (χ1) is 33.5. The van der Waals surface area contributed by atoms with E-state index < -0.39 is 44.4 Å². The Balaban J connectivity index is 0.000000207. The molecule has 0 saturated carbocycles. The Morgan fingerprint density at radius 3 is 1.60 bits per heavy atom. The van der Waals surface area contributed by atoms with E-state index in [1.165, 1.54) is 0 Å². The van der Waals surface area contributed by atoms with Crippen molar-refractivity contribution in [3.05, 3.63) is 118 Å². The first kappa shape index (κ1) is 50.9. The number of benzene rings is 4. The van der Waals surface area contributed by atoms with Crippen LogP contribution in [0.4, 0.5) is 11.4 Å². The quantitative estimate of drug-likeness (QED) is 0.0611. The monoisotopic (exact) mass is 992 g/mol. The van der Waals surface area contributed by atoms with E-state index in [1.807, 2.05) is 64.1 Å². The van der Waals surface area contributed by atoms with Crippen LogP contribution in [0, 0.1) is 13.1 Å². The number of nitrogens with one attached hydrogen (secondary N) is 2. The van der Waals surface area contributed by atoms with Crippen molar-refractivity contribution in [2.24, 2.45) is 0 Å². The Bertz CT molecular complexity index is 3170. The molecule has 0 unspecified atom stereocenters. The SMILES string of the molecule is [C-]#[N+]c1cc(-c2nc(-c3cccc4c3CCC[C@H]4NS(=O)(=O)CC(=O)OC)no2)ccc1OC(C)C.[C-]#[N+]c1cc(-c2nc(-c3cccc4c3CCC[C@H]4NS(=O)(=O)CCO)no2)ccc1OC(C)C. The lowest BCUT2D eigenvalue weighted by Crippen LogP contribution is -2.35. The number of nitrogens with zero attached hydrogens (tertiary/aromatic N) is 6. The maximum atomic E-state index is 12.4. The van der Waals surface area contributed by atoms with Crippen molar-refractivity contribution >= 4 is 37.4 Å². The number of esters is 1. The van der Waals surface area contributed by atoms with Crippen LogP contribution in [0.25, 0.3) is 55.4 Å². The van der Waals surface area contributed by atoms with Crippen LogP contribution in [0.1, 0.15) is 87.7 Å².